The number of ether oxygens (including phenoxy) is 2. The average Bonchev–Trinajstić information content (AvgIpc) is 3.32. The van der Waals surface area contributed by atoms with Gasteiger partial charge in [0.15, 0.2) is 0 Å². The first kappa shape index (κ1) is 31.3. The van der Waals surface area contributed by atoms with Crippen molar-refractivity contribution in [1.29, 1.82) is 0 Å². The molecular weight excluding hydrogens is 472 g/mol. The Balaban J connectivity index is 1.37. The van der Waals surface area contributed by atoms with Crippen molar-refractivity contribution in [3.63, 3.8) is 0 Å². The van der Waals surface area contributed by atoms with Crippen molar-refractivity contribution >= 4 is 10.1 Å². The van der Waals surface area contributed by atoms with Crippen LogP contribution >= 0.6 is 0 Å². The molecule has 0 aromatic heterocycles. The summed E-state index contributed by atoms with van der Waals surface area (Å²) in [6.45, 7) is 6.50. The lowest BCUT2D eigenvalue weighted by atomic mass is 9.97. The van der Waals surface area contributed by atoms with Crippen LogP contribution in [0.4, 0.5) is 0 Å². The van der Waals surface area contributed by atoms with E-state index in [9.17, 15) is 8.42 Å². The van der Waals surface area contributed by atoms with Gasteiger partial charge in [-0.2, -0.15) is 8.42 Å². The fourth-order valence-electron chi connectivity index (χ4n) is 4.83. The first-order chi connectivity index (χ1) is 17.5. The molecule has 1 aromatic carbocycles. The summed E-state index contributed by atoms with van der Waals surface area (Å²) in [7, 11) is -3.67. The van der Waals surface area contributed by atoms with Crippen LogP contribution in [-0.2, 0) is 23.8 Å². The number of hydrogen-bond donors (Lipinski definition) is 0. The van der Waals surface area contributed by atoms with E-state index in [0.29, 0.717) is 25.6 Å². The third kappa shape index (κ3) is 14.1. The molecule has 1 aliphatic heterocycles. The standard InChI is InChI=1S/C30H52O5S/c1-3-4-5-6-7-8-9-10-11-12-13-14-17-28-24-29(34-25-28)26-33-22-15-16-23-35-36(31,32)30-20-18-27(2)19-21-30/h18-21,28-29H,3-17,22-26H2,1-2H3. The largest absolute Gasteiger partial charge is 0.379 e. The van der Waals surface area contributed by atoms with E-state index in [0.717, 1.165) is 25.0 Å². The third-order valence-corrected chi connectivity index (χ3v) is 8.49. The van der Waals surface area contributed by atoms with Crippen molar-refractivity contribution in [2.45, 2.75) is 128 Å². The minimum Gasteiger partial charge on any atom is -0.379 e. The maximum atomic E-state index is 12.2. The Bertz CT molecular complexity index is 762. The molecule has 36 heavy (non-hydrogen) atoms. The molecule has 0 spiro atoms. The molecule has 6 heteroatoms. The summed E-state index contributed by atoms with van der Waals surface area (Å²) in [6, 6.07) is 6.72. The smallest absolute Gasteiger partial charge is 0.296 e. The van der Waals surface area contributed by atoms with E-state index in [4.69, 9.17) is 13.7 Å². The third-order valence-electron chi connectivity index (χ3n) is 7.16. The molecular formula is C30H52O5S. The normalized spacial score (nSPS) is 18.2. The Morgan fingerprint density at radius 3 is 2.03 bits per heavy atom. The second kappa shape index (κ2) is 19.2. The van der Waals surface area contributed by atoms with E-state index in [2.05, 4.69) is 6.92 Å². The molecule has 2 rings (SSSR count). The number of hydrogen-bond acceptors (Lipinski definition) is 5. The Morgan fingerprint density at radius 2 is 1.39 bits per heavy atom. The van der Waals surface area contributed by atoms with E-state index in [1.165, 1.54) is 83.5 Å². The minimum absolute atomic E-state index is 0.181. The summed E-state index contributed by atoms with van der Waals surface area (Å²) in [5, 5.41) is 0. The van der Waals surface area contributed by atoms with Gasteiger partial charge in [0.2, 0.25) is 0 Å². The molecule has 0 saturated carbocycles. The van der Waals surface area contributed by atoms with Gasteiger partial charge in [0.05, 0.1) is 24.2 Å². The van der Waals surface area contributed by atoms with Crippen molar-refractivity contribution in [3.05, 3.63) is 29.8 Å². The lowest BCUT2D eigenvalue weighted by Crippen LogP contribution is -2.15. The van der Waals surface area contributed by atoms with Gasteiger partial charge in [-0.3, -0.25) is 4.18 Å². The van der Waals surface area contributed by atoms with Gasteiger partial charge in [0, 0.05) is 13.2 Å². The minimum atomic E-state index is -3.67. The Hall–Kier alpha value is -0.950. The fourth-order valence-corrected chi connectivity index (χ4v) is 5.78. The van der Waals surface area contributed by atoms with Crippen molar-refractivity contribution in [1.82, 2.24) is 0 Å². The van der Waals surface area contributed by atoms with Crippen LogP contribution in [0.2, 0.25) is 0 Å². The van der Waals surface area contributed by atoms with Crippen molar-refractivity contribution in [3.8, 4) is 0 Å². The van der Waals surface area contributed by atoms with Crippen molar-refractivity contribution in [2.24, 2.45) is 5.92 Å². The Labute approximate surface area is 221 Å². The molecule has 1 aliphatic rings. The number of aryl methyl sites for hydroxylation is 1. The molecule has 0 amide bonds. The van der Waals surface area contributed by atoms with Crippen molar-refractivity contribution in [2.75, 3.05) is 26.4 Å². The highest BCUT2D eigenvalue weighted by atomic mass is 32.2. The molecule has 0 bridgehead atoms. The van der Waals surface area contributed by atoms with Gasteiger partial charge in [-0.25, -0.2) is 0 Å². The zero-order chi connectivity index (χ0) is 25.9. The first-order valence-corrected chi connectivity index (χ1v) is 16.1. The zero-order valence-electron chi connectivity index (χ0n) is 23.1. The molecule has 0 aliphatic carbocycles. The van der Waals surface area contributed by atoms with Gasteiger partial charge in [-0.05, 0) is 50.7 Å². The molecule has 0 radical (unpaired) electrons. The quantitative estimate of drug-likeness (QED) is 0.114. The molecule has 1 saturated heterocycles. The highest BCUT2D eigenvalue weighted by Crippen LogP contribution is 2.25. The molecule has 5 nitrogen and oxygen atoms in total. The van der Waals surface area contributed by atoms with Gasteiger partial charge in [0.1, 0.15) is 0 Å². The van der Waals surface area contributed by atoms with Crippen LogP contribution in [0.1, 0.15) is 115 Å². The van der Waals surface area contributed by atoms with Crippen LogP contribution < -0.4 is 0 Å². The summed E-state index contributed by atoms with van der Waals surface area (Å²) in [5.41, 5.74) is 1.02. The van der Waals surface area contributed by atoms with Gasteiger partial charge in [0.25, 0.3) is 10.1 Å². The van der Waals surface area contributed by atoms with Crippen molar-refractivity contribution < 1.29 is 22.1 Å². The molecule has 208 valence electrons. The fraction of sp³-hybridized carbons (Fsp3) is 0.800. The van der Waals surface area contributed by atoms with E-state index in [1.54, 1.807) is 24.3 Å². The lowest BCUT2D eigenvalue weighted by Gasteiger charge is -2.11. The molecule has 1 heterocycles. The lowest BCUT2D eigenvalue weighted by molar-refractivity contribution is 0.0149. The first-order valence-electron chi connectivity index (χ1n) is 14.7. The molecule has 1 fully saturated rings. The van der Waals surface area contributed by atoms with Crippen LogP contribution in [0.5, 0.6) is 0 Å². The second-order valence-electron chi connectivity index (χ2n) is 10.6. The summed E-state index contributed by atoms with van der Waals surface area (Å²) in [4.78, 5) is 0.209. The summed E-state index contributed by atoms with van der Waals surface area (Å²) in [5.74, 6) is 0.683. The Morgan fingerprint density at radius 1 is 0.806 bits per heavy atom. The van der Waals surface area contributed by atoms with Crippen LogP contribution in [0.25, 0.3) is 0 Å². The van der Waals surface area contributed by atoms with Crippen LogP contribution in [-0.4, -0.2) is 40.9 Å². The van der Waals surface area contributed by atoms with Crippen LogP contribution in [0.3, 0.4) is 0 Å². The van der Waals surface area contributed by atoms with Gasteiger partial charge in [-0.15, -0.1) is 0 Å². The molecule has 2 unspecified atom stereocenters. The molecule has 1 aromatic rings. The van der Waals surface area contributed by atoms with E-state index in [1.807, 2.05) is 6.92 Å². The van der Waals surface area contributed by atoms with E-state index >= 15 is 0 Å². The predicted molar refractivity (Wildman–Crippen MR) is 148 cm³/mol. The van der Waals surface area contributed by atoms with Gasteiger partial charge < -0.3 is 9.47 Å². The highest BCUT2D eigenvalue weighted by molar-refractivity contribution is 7.86. The topological polar surface area (TPSA) is 61.8 Å². The average molecular weight is 525 g/mol. The van der Waals surface area contributed by atoms with E-state index < -0.39 is 10.1 Å². The molecule has 2 atom stereocenters. The highest BCUT2D eigenvalue weighted by Gasteiger charge is 2.25. The number of rotatable bonds is 22. The van der Waals surface area contributed by atoms with Crippen LogP contribution in [0, 0.1) is 12.8 Å². The summed E-state index contributed by atoms with van der Waals surface area (Å²) in [6.07, 6.45) is 20.8. The Kier molecular flexibility index (Phi) is 16.6. The van der Waals surface area contributed by atoms with Crippen LogP contribution in [0.15, 0.2) is 29.2 Å². The summed E-state index contributed by atoms with van der Waals surface area (Å²) >= 11 is 0. The number of unbranched alkanes of at least 4 members (excludes halogenated alkanes) is 12. The zero-order valence-corrected chi connectivity index (χ0v) is 23.9. The van der Waals surface area contributed by atoms with E-state index in [-0.39, 0.29) is 17.6 Å². The maximum absolute atomic E-state index is 12.2. The monoisotopic (exact) mass is 524 g/mol. The second-order valence-corrected chi connectivity index (χ2v) is 12.2. The maximum Gasteiger partial charge on any atom is 0.296 e. The number of benzene rings is 1. The SMILES string of the molecule is CCCCCCCCCCCCCCC1COC(COCCCCOS(=O)(=O)c2ccc(C)cc2)C1. The van der Waals surface area contributed by atoms with Gasteiger partial charge in [-0.1, -0.05) is 102 Å². The van der Waals surface area contributed by atoms with Gasteiger partial charge >= 0.3 is 0 Å². The molecule has 0 N–H and O–H groups in total. The summed E-state index contributed by atoms with van der Waals surface area (Å²) < 4.78 is 41.2. The predicted octanol–water partition coefficient (Wildman–Crippen LogP) is 7.99.